The van der Waals surface area contributed by atoms with Gasteiger partial charge in [-0.2, -0.15) is 0 Å². The van der Waals surface area contributed by atoms with Gasteiger partial charge in [0, 0.05) is 14.8 Å². The van der Waals surface area contributed by atoms with E-state index in [0.29, 0.717) is 10.6 Å². The minimum atomic E-state index is -0.900. The first-order valence-corrected chi connectivity index (χ1v) is 6.67. The van der Waals surface area contributed by atoms with Crippen molar-refractivity contribution in [2.45, 2.75) is 16.2 Å². The summed E-state index contributed by atoms with van der Waals surface area (Å²) < 4.78 is 12.8. The maximum Gasteiger partial charge on any atom is 0.307 e. The molecule has 0 atom stereocenters. The molecule has 0 aliphatic heterocycles. The predicted octanol–water partition coefficient (Wildman–Crippen LogP) is 4.26. The standard InChI is InChI=1S/C14H10ClFO2S/c15-10-2-1-9(7-14(17)18)13(8-10)19-12-5-3-11(16)4-6-12/h1-6,8H,7H2,(H,17,18). The molecule has 0 saturated heterocycles. The molecule has 19 heavy (non-hydrogen) atoms. The van der Waals surface area contributed by atoms with Gasteiger partial charge < -0.3 is 5.11 Å². The van der Waals surface area contributed by atoms with Gasteiger partial charge in [0.15, 0.2) is 0 Å². The topological polar surface area (TPSA) is 37.3 Å². The summed E-state index contributed by atoms with van der Waals surface area (Å²) in [6.45, 7) is 0. The molecule has 0 saturated carbocycles. The van der Waals surface area contributed by atoms with E-state index in [1.807, 2.05) is 0 Å². The van der Waals surface area contributed by atoms with E-state index in [9.17, 15) is 9.18 Å². The third-order valence-corrected chi connectivity index (χ3v) is 3.76. The maximum atomic E-state index is 12.8. The molecule has 0 spiro atoms. The van der Waals surface area contributed by atoms with Crippen LogP contribution in [0.25, 0.3) is 0 Å². The van der Waals surface area contributed by atoms with Gasteiger partial charge in [0.05, 0.1) is 6.42 Å². The van der Waals surface area contributed by atoms with Gasteiger partial charge in [-0.25, -0.2) is 4.39 Å². The number of carboxylic acid groups (broad SMARTS) is 1. The number of carbonyl (C=O) groups is 1. The van der Waals surface area contributed by atoms with Crippen molar-refractivity contribution >= 4 is 29.3 Å². The Balaban J connectivity index is 2.29. The second kappa shape index (κ2) is 6.08. The van der Waals surface area contributed by atoms with Crippen molar-refractivity contribution < 1.29 is 14.3 Å². The molecule has 0 unspecified atom stereocenters. The highest BCUT2D eigenvalue weighted by atomic mass is 35.5. The van der Waals surface area contributed by atoms with Gasteiger partial charge in [0.25, 0.3) is 0 Å². The summed E-state index contributed by atoms with van der Waals surface area (Å²) in [4.78, 5) is 12.4. The number of rotatable bonds is 4. The molecule has 2 nitrogen and oxygen atoms in total. The summed E-state index contributed by atoms with van der Waals surface area (Å²) in [6.07, 6.45) is -0.0688. The van der Waals surface area contributed by atoms with Gasteiger partial charge in [-0.15, -0.1) is 0 Å². The van der Waals surface area contributed by atoms with Crippen molar-refractivity contribution in [3.8, 4) is 0 Å². The first kappa shape index (κ1) is 13.9. The van der Waals surface area contributed by atoms with Crippen molar-refractivity contribution in [1.29, 1.82) is 0 Å². The minimum absolute atomic E-state index is 0.0688. The quantitative estimate of drug-likeness (QED) is 0.916. The smallest absolute Gasteiger partial charge is 0.307 e. The van der Waals surface area contributed by atoms with E-state index in [0.717, 1.165) is 9.79 Å². The molecule has 0 heterocycles. The van der Waals surface area contributed by atoms with E-state index in [2.05, 4.69) is 0 Å². The Labute approximate surface area is 119 Å². The fraction of sp³-hybridized carbons (Fsp3) is 0.0714. The number of benzene rings is 2. The predicted molar refractivity (Wildman–Crippen MR) is 73.3 cm³/mol. The molecule has 2 aromatic rings. The first-order chi connectivity index (χ1) is 9.04. The minimum Gasteiger partial charge on any atom is -0.481 e. The zero-order valence-corrected chi connectivity index (χ0v) is 11.3. The summed E-state index contributed by atoms with van der Waals surface area (Å²) in [5, 5.41) is 9.41. The van der Waals surface area contributed by atoms with Crippen LogP contribution in [0.5, 0.6) is 0 Å². The number of halogens is 2. The van der Waals surface area contributed by atoms with E-state index >= 15 is 0 Å². The van der Waals surface area contributed by atoms with Crippen LogP contribution in [0.1, 0.15) is 5.56 Å². The van der Waals surface area contributed by atoms with Crippen molar-refractivity contribution in [2.24, 2.45) is 0 Å². The van der Waals surface area contributed by atoms with E-state index < -0.39 is 5.97 Å². The Morgan fingerprint density at radius 3 is 2.53 bits per heavy atom. The number of hydrogen-bond donors (Lipinski definition) is 1. The fourth-order valence-corrected chi connectivity index (χ4v) is 2.78. The molecule has 2 rings (SSSR count). The van der Waals surface area contributed by atoms with Crippen LogP contribution in [0.15, 0.2) is 52.3 Å². The fourth-order valence-electron chi connectivity index (χ4n) is 1.56. The van der Waals surface area contributed by atoms with Crippen LogP contribution in [0.2, 0.25) is 5.02 Å². The monoisotopic (exact) mass is 296 g/mol. The van der Waals surface area contributed by atoms with Gasteiger partial charge in [-0.05, 0) is 42.0 Å². The molecule has 0 fully saturated rings. The van der Waals surface area contributed by atoms with Gasteiger partial charge in [0.1, 0.15) is 5.82 Å². The summed E-state index contributed by atoms with van der Waals surface area (Å²) in [5.74, 6) is -1.20. The van der Waals surface area contributed by atoms with E-state index in [1.54, 1.807) is 30.3 Å². The number of aliphatic carboxylic acids is 1. The largest absolute Gasteiger partial charge is 0.481 e. The molecule has 0 amide bonds. The zero-order chi connectivity index (χ0) is 13.8. The van der Waals surface area contributed by atoms with Crippen LogP contribution in [0.4, 0.5) is 4.39 Å². The van der Waals surface area contributed by atoms with Crippen LogP contribution >= 0.6 is 23.4 Å². The third-order valence-electron chi connectivity index (χ3n) is 2.41. The van der Waals surface area contributed by atoms with Gasteiger partial charge >= 0.3 is 5.97 Å². The lowest BCUT2D eigenvalue weighted by atomic mass is 10.1. The average molecular weight is 297 g/mol. The summed E-state index contributed by atoms with van der Waals surface area (Å²) in [7, 11) is 0. The van der Waals surface area contributed by atoms with Crippen molar-refractivity contribution in [3.05, 3.63) is 58.9 Å². The van der Waals surface area contributed by atoms with Gasteiger partial charge in [-0.1, -0.05) is 29.4 Å². The van der Waals surface area contributed by atoms with E-state index in [4.69, 9.17) is 16.7 Å². The van der Waals surface area contributed by atoms with Gasteiger partial charge in [-0.3, -0.25) is 4.79 Å². The number of hydrogen-bond acceptors (Lipinski definition) is 2. The molecule has 0 bridgehead atoms. The van der Waals surface area contributed by atoms with Crippen LogP contribution in [0, 0.1) is 5.82 Å². The lowest BCUT2D eigenvalue weighted by molar-refractivity contribution is -0.136. The second-order valence-corrected chi connectivity index (χ2v) is 5.43. The van der Waals surface area contributed by atoms with Gasteiger partial charge in [0.2, 0.25) is 0 Å². The molecule has 2 aromatic carbocycles. The number of carboxylic acids is 1. The molecule has 1 N–H and O–H groups in total. The summed E-state index contributed by atoms with van der Waals surface area (Å²) in [5.41, 5.74) is 0.686. The van der Waals surface area contributed by atoms with E-state index in [-0.39, 0.29) is 12.2 Å². The molecule has 98 valence electrons. The highest BCUT2D eigenvalue weighted by molar-refractivity contribution is 7.99. The molecule has 0 aliphatic rings. The Bertz CT molecular complexity index is 599. The van der Waals surface area contributed by atoms with Crippen molar-refractivity contribution in [1.82, 2.24) is 0 Å². The molecule has 0 aromatic heterocycles. The van der Waals surface area contributed by atoms with Crippen LogP contribution in [0.3, 0.4) is 0 Å². The Kier molecular flexibility index (Phi) is 4.45. The molecular weight excluding hydrogens is 287 g/mol. The van der Waals surface area contributed by atoms with Crippen molar-refractivity contribution in [2.75, 3.05) is 0 Å². The van der Waals surface area contributed by atoms with E-state index in [1.165, 1.54) is 23.9 Å². The molecular formula is C14H10ClFO2S. The molecule has 0 radical (unpaired) electrons. The normalized spacial score (nSPS) is 10.4. The van der Waals surface area contributed by atoms with Crippen LogP contribution < -0.4 is 0 Å². The molecule has 0 aliphatic carbocycles. The first-order valence-electron chi connectivity index (χ1n) is 5.48. The third kappa shape index (κ3) is 3.98. The maximum absolute atomic E-state index is 12.8. The zero-order valence-electron chi connectivity index (χ0n) is 9.77. The van der Waals surface area contributed by atoms with Crippen LogP contribution in [-0.4, -0.2) is 11.1 Å². The average Bonchev–Trinajstić information content (AvgIpc) is 2.35. The Morgan fingerprint density at radius 1 is 1.21 bits per heavy atom. The van der Waals surface area contributed by atoms with Crippen LogP contribution in [-0.2, 0) is 11.2 Å². The Hall–Kier alpha value is -1.52. The Morgan fingerprint density at radius 2 is 1.89 bits per heavy atom. The highest BCUT2D eigenvalue weighted by Gasteiger charge is 2.09. The summed E-state index contributed by atoms with van der Waals surface area (Å²) >= 11 is 7.29. The lowest BCUT2D eigenvalue weighted by Crippen LogP contribution is -2.01. The second-order valence-electron chi connectivity index (χ2n) is 3.88. The lowest BCUT2D eigenvalue weighted by Gasteiger charge is -2.08. The van der Waals surface area contributed by atoms with Crippen molar-refractivity contribution in [3.63, 3.8) is 0 Å². The highest BCUT2D eigenvalue weighted by Crippen LogP contribution is 2.32. The molecule has 5 heteroatoms. The summed E-state index contributed by atoms with van der Waals surface area (Å²) in [6, 6.07) is 11.1. The SMILES string of the molecule is O=C(O)Cc1ccc(Cl)cc1Sc1ccc(F)cc1.